The Labute approximate surface area is 274 Å². The molecule has 3 fully saturated rings. The number of hydrogen-bond donors (Lipinski definition) is 2. The van der Waals surface area contributed by atoms with Gasteiger partial charge < -0.3 is 29.7 Å². The van der Waals surface area contributed by atoms with Crippen LogP contribution in [0.5, 0.6) is 0 Å². The van der Waals surface area contributed by atoms with E-state index >= 15 is 0 Å². The maximum atomic E-state index is 14.5. The Morgan fingerprint density at radius 2 is 1.89 bits per heavy atom. The minimum Gasteiger partial charge on any atom is -0.455 e. The Balaban J connectivity index is 1.46. The van der Waals surface area contributed by atoms with Gasteiger partial charge in [-0.1, -0.05) is 66.2 Å². The van der Waals surface area contributed by atoms with Crippen LogP contribution in [-0.2, 0) is 28.7 Å². The molecule has 10 nitrogen and oxygen atoms in total. The van der Waals surface area contributed by atoms with Crippen molar-refractivity contribution in [3.63, 3.8) is 0 Å². The van der Waals surface area contributed by atoms with Gasteiger partial charge in [-0.05, 0) is 43.9 Å². The zero-order valence-corrected chi connectivity index (χ0v) is 26.6. The van der Waals surface area contributed by atoms with Crippen LogP contribution in [0.1, 0.15) is 44.3 Å². The number of nitrogens with zero attached hydrogens (tertiary/aromatic N) is 2. The highest BCUT2D eigenvalue weighted by atomic mass is 35.5. The second kappa shape index (κ2) is 14.2. The van der Waals surface area contributed by atoms with E-state index in [1.54, 1.807) is 43.3 Å². The van der Waals surface area contributed by atoms with Gasteiger partial charge in [0.25, 0.3) is 5.91 Å². The van der Waals surface area contributed by atoms with Crippen LogP contribution in [0.4, 0.5) is 5.69 Å². The lowest BCUT2D eigenvalue weighted by Crippen LogP contribution is -2.57. The molecule has 3 aliphatic heterocycles. The summed E-state index contributed by atoms with van der Waals surface area (Å²) in [4.78, 5) is 58.1. The Morgan fingerprint density at radius 3 is 2.57 bits per heavy atom. The number of ether oxygens (including phenoxy) is 2. The molecule has 3 amide bonds. The van der Waals surface area contributed by atoms with Crippen molar-refractivity contribution in [2.45, 2.75) is 62.5 Å². The molecule has 3 aliphatic rings. The van der Waals surface area contributed by atoms with Crippen molar-refractivity contribution in [1.29, 1.82) is 0 Å². The molecule has 46 heavy (non-hydrogen) atoms. The van der Waals surface area contributed by atoms with Gasteiger partial charge in [-0.25, -0.2) is 0 Å². The highest BCUT2D eigenvalue weighted by Crippen LogP contribution is 2.59. The molecule has 2 N–H and O–H groups in total. The van der Waals surface area contributed by atoms with Crippen molar-refractivity contribution in [2.24, 2.45) is 11.8 Å². The van der Waals surface area contributed by atoms with Crippen LogP contribution < -0.4 is 10.2 Å². The first-order valence-corrected chi connectivity index (χ1v) is 16.0. The summed E-state index contributed by atoms with van der Waals surface area (Å²) in [6, 6.07) is 14.3. The van der Waals surface area contributed by atoms with Gasteiger partial charge in [-0.3, -0.25) is 19.2 Å². The number of halogens is 1. The van der Waals surface area contributed by atoms with E-state index in [0.29, 0.717) is 35.5 Å². The summed E-state index contributed by atoms with van der Waals surface area (Å²) in [7, 11) is 0. The van der Waals surface area contributed by atoms with Crippen LogP contribution in [0.2, 0.25) is 5.02 Å². The first kappa shape index (κ1) is 33.4. The fourth-order valence-corrected chi connectivity index (χ4v) is 7.48. The van der Waals surface area contributed by atoms with Gasteiger partial charge in [0, 0.05) is 19.5 Å². The predicted molar refractivity (Wildman–Crippen MR) is 173 cm³/mol. The molecule has 11 heteroatoms. The van der Waals surface area contributed by atoms with Gasteiger partial charge in [0.1, 0.15) is 17.7 Å². The summed E-state index contributed by atoms with van der Waals surface area (Å²) in [5.74, 6) is -3.72. The molecule has 0 aromatic heterocycles. The highest BCUT2D eigenvalue weighted by molar-refractivity contribution is 6.34. The van der Waals surface area contributed by atoms with Crippen molar-refractivity contribution in [3.8, 4) is 0 Å². The minimum absolute atomic E-state index is 0.116. The average Bonchev–Trinajstić information content (AvgIpc) is 3.69. The SMILES string of the molecule is C=CCCC(=O)N[C@@H](C)[C@H](OC(=O)[C@@H]1[C@H]2C(=O)N(CCO)[C@H](C(=O)N(CC=C)c3ccccc3Cl)[C@]23CC[C@H]1O3)c1ccccc1. The summed E-state index contributed by atoms with van der Waals surface area (Å²) in [5, 5.41) is 13.2. The Hall–Kier alpha value is -3.99. The van der Waals surface area contributed by atoms with Crippen LogP contribution in [0.25, 0.3) is 0 Å². The molecule has 0 saturated carbocycles. The number of carbonyl (C=O) groups is 4. The second-order valence-electron chi connectivity index (χ2n) is 12.0. The molecule has 0 radical (unpaired) electrons. The van der Waals surface area contributed by atoms with Crippen molar-refractivity contribution in [2.75, 3.05) is 24.6 Å². The largest absolute Gasteiger partial charge is 0.455 e. The topological polar surface area (TPSA) is 125 Å². The normalized spacial score (nSPS) is 25.8. The summed E-state index contributed by atoms with van der Waals surface area (Å²) < 4.78 is 12.7. The molecule has 3 saturated heterocycles. The molecule has 1 spiro atoms. The van der Waals surface area contributed by atoms with Gasteiger partial charge >= 0.3 is 5.97 Å². The van der Waals surface area contributed by atoms with Crippen molar-refractivity contribution in [3.05, 3.63) is 90.5 Å². The molecular weight excluding hydrogens is 610 g/mol. The molecule has 2 aromatic carbocycles. The highest BCUT2D eigenvalue weighted by Gasteiger charge is 2.75. The summed E-state index contributed by atoms with van der Waals surface area (Å²) in [6.07, 6.45) is 3.30. The summed E-state index contributed by atoms with van der Waals surface area (Å²) >= 11 is 6.49. The smallest absolute Gasteiger partial charge is 0.313 e. The van der Waals surface area contributed by atoms with Crippen LogP contribution in [0, 0.1) is 11.8 Å². The van der Waals surface area contributed by atoms with E-state index < -0.39 is 59.5 Å². The third-order valence-corrected chi connectivity index (χ3v) is 9.48. The number of anilines is 1. The van der Waals surface area contributed by atoms with Crippen LogP contribution >= 0.6 is 11.6 Å². The number of fused-ring (bicyclic) bond motifs is 1. The molecule has 0 aliphatic carbocycles. The number of carbonyl (C=O) groups excluding carboxylic acids is 4. The Morgan fingerprint density at radius 1 is 1.17 bits per heavy atom. The number of rotatable bonds is 14. The molecule has 0 unspecified atom stereocenters. The number of likely N-dealkylation sites (tertiary alicyclic amines) is 1. The lowest BCUT2D eigenvalue weighted by Gasteiger charge is -2.36. The van der Waals surface area contributed by atoms with E-state index in [2.05, 4.69) is 18.5 Å². The first-order valence-electron chi connectivity index (χ1n) is 15.6. The van der Waals surface area contributed by atoms with Gasteiger partial charge in [0.05, 0.1) is 41.3 Å². The second-order valence-corrected chi connectivity index (χ2v) is 12.4. The number of para-hydroxylation sites is 1. The standard InChI is InChI=1S/C35H40ClN3O7/c1-4-6-16-27(41)37-22(3)30(23-12-8-7-9-13-23)45-34(44)28-26-17-18-35(46-26)29(28)32(42)39(20-21-40)31(35)33(43)38(19-5-2)25-15-11-10-14-24(25)36/h4-5,7-15,22,26,28-31,40H,1-2,6,16-21H2,3H3,(H,37,41)/t22-,26+,28-,29-,30-,31+,35-/m0/s1. The van der Waals surface area contributed by atoms with Gasteiger partial charge in [-0.2, -0.15) is 0 Å². The average molecular weight is 650 g/mol. The van der Waals surface area contributed by atoms with Crippen molar-refractivity contribution in [1.82, 2.24) is 10.2 Å². The van der Waals surface area contributed by atoms with Gasteiger partial charge in [-0.15, -0.1) is 13.2 Å². The molecule has 2 bridgehead atoms. The number of aliphatic hydroxyl groups excluding tert-OH is 1. The van der Waals surface area contributed by atoms with Gasteiger partial charge in [0.2, 0.25) is 11.8 Å². The van der Waals surface area contributed by atoms with E-state index in [-0.39, 0.29) is 32.0 Å². The zero-order valence-electron chi connectivity index (χ0n) is 25.8. The first-order chi connectivity index (χ1) is 22.2. The van der Waals surface area contributed by atoms with E-state index in [0.717, 1.165) is 0 Å². The number of amides is 3. The number of nitrogens with one attached hydrogen (secondary N) is 1. The number of allylic oxidation sites excluding steroid dienone is 1. The Kier molecular flexibility index (Phi) is 10.3. The number of aliphatic hydroxyl groups is 1. The molecule has 2 aromatic rings. The van der Waals surface area contributed by atoms with E-state index in [1.165, 1.54) is 9.80 Å². The molecule has 244 valence electrons. The van der Waals surface area contributed by atoms with Crippen LogP contribution in [0.3, 0.4) is 0 Å². The van der Waals surface area contributed by atoms with Gasteiger partial charge in [0.15, 0.2) is 0 Å². The van der Waals surface area contributed by atoms with E-state index in [4.69, 9.17) is 21.1 Å². The van der Waals surface area contributed by atoms with E-state index in [1.807, 2.05) is 30.3 Å². The quantitative estimate of drug-likeness (QED) is 0.234. The summed E-state index contributed by atoms with van der Waals surface area (Å²) in [5.41, 5.74) is -0.173. The molecule has 5 rings (SSSR count). The number of benzene rings is 2. The molecule has 7 atom stereocenters. The van der Waals surface area contributed by atoms with Crippen LogP contribution in [-0.4, -0.2) is 77.2 Å². The van der Waals surface area contributed by atoms with Crippen LogP contribution in [0.15, 0.2) is 79.9 Å². The monoisotopic (exact) mass is 649 g/mol. The molecular formula is C35H40ClN3O7. The lowest BCUT2D eigenvalue weighted by molar-refractivity contribution is -0.162. The van der Waals surface area contributed by atoms with E-state index in [9.17, 15) is 24.3 Å². The third kappa shape index (κ3) is 6.09. The molecule has 3 heterocycles. The fourth-order valence-electron chi connectivity index (χ4n) is 7.24. The number of hydrogen-bond acceptors (Lipinski definition) is 7. The number of esters is 1. The maximum Gasteiger partial charge on any atom is 0.313 e. The third-order valence-electron chi connectivity index (χ3n) is 9.16. The summed E-state index contributed by atoms with van der Waals surface area (Å²) in [6.45, 7) is 8.84. The fraction of sp³-hybridized carbons (Fsp3) is 0.429. The number of β-amino-alcohol motifs (C(OH)–C–C–N with tert-alkyl or cyclic N) is 1. The lowest BCUT2D eigenvalue weighted by atomic mass is 9.70. The van der Waals surface area contributed by atoms with Crippen molar-refractivity contribution >= 4 is 41.0 Å². The predicted octanol–water partition coefficient (Wildman–Crippen LogP) is 3.98. The van der Waals surface area contributed by atoms with Crippen molar-refractivity contribution < 1.29 is 33.8 Å². The zero-order chi connectivity index (χ0) is 33.0. The minimum atomic E-state index is -1.30. The Bertz CT molecular complexity index is 1490. The maximum absolute atomic E-state index is 14.5.